The van der Waals surface area contributed by atoms with Gasteiger partial charge in [-0.05, 0) is 30.4 Å². The predicted molar refractivity (Wildman–Crippen MR) is 84.2 cm³/mol. The van der Waals surface area contributed by atoms with E-state index in [2.05, 4.69) is 10.3 Å². The highest BCUT2D eigenvalue weighted by Gasteiger charge is 2.16. The van der Waals surface area contributed by atoms with Gasteiger partial charge >= 0.3 is 0 Å². The van der Waals surface area contributed by atoms with Gasteiger partial charge in [0.2, 0.25) is 5.88 Å². The van der Waals surface area contributed by atoms with Crippen LogP contribution in [0.4, 0.5) is 0 Å². The van der Waals surface area contributed by atoms with Crippen molar-refractivity contribution in [2.75, 3.05) is 13.2 Å². The van der Waals surface area contributed by atoms with Gasteiger partial charge in [0.15, 0.2) is 0 Å². The highest BCUT2D eigenvalue weighted by Crippen LogP contribution is 2.14. The second kappa shape index (κ2) is 7.38. The Kier molecular flexibility index (Phi) is 5.03. The Morgan fingerprint density at radius 1 is 1.45 bits per heavy atom. The number of hydrogen-bond donors (Lipinski definition) is 1. The number of amides is 1. The molecule has 1 atom stereocenters. The summed E-state index contributed by atoms with van der Waals surface area (Å²) in [7, 11) is 0. The van der Waals surface area contributed by atoms with Gasteiger partial charge in [0.25, 0.3) is 5.91 Å². The molecule has 22 heavy (non-hydrogen) atoms. The molecule has 3 heterocycles. The Morgan fingerprint density at radius 3 is 3.09 bits per heavy atom. The number of hydrogen-bond acceptors (Lipinski definition) is 5. The van der Waals surface area contributed by atoms with Gasteiger partial charge in [-0.3, -0.25) is 4.79 Å². The van der Waals surface area contributed by atoms with E-state index in [0.717, 1.165) is 24.3 Å². The number of rotatable bonds is 6. The highest BCUT2D eigenvalue weighted by molar-refractivity contribution is 7.09. The van der Waals surface area contributed by atoms with Gasteiger partial charge < -0.3 is 14.8 Å². The van der Waals surface area contributed by atoms with Crippen LogP contribution < -0.4 is 10.1 Å². The molecule has 0 radical (unpaired) electrons. The molecule has 1 saturated heterocycles. The van der Waals surface area contributed by atoms with Gasteiger partial charge in [0.1, 0.15) is 6.61 Å². The molecule has 1 fully saturated rings. The first-order chi connectivity index (χ1) is 10.8. The van der Waals surface area contributed by atoms with Crippen LogP contribution in [0.3, 0.4) is 0 Å². The fourth-order valence-electron chi connectivity index (χ4n) is 2.24. The zero-order chi connectivity index (χ0) is 15.2. The minimum absolute atomic E-state index is 0.133. The second-order valence-electron chi connectivity index (χ2n) is 5.09. The molecule has 0 aromatic carbocycles. The molecule has 2 aromatic heterocycles. The third-order valence-electron chi connectivity index (χ3n) is 3.44. The van der Waals surface area contributed by atoms with Crippen LogP contribution in [0.25, 0.3) is 0 Å². The van der Waals surface area contributed by atoms with Crippen molar-refractivity contribution in [1.82, 2.24) is 10.3 Å². The molecule has 2 aromatic rings. The molecular weight excluding hydrogens is 300 g/mol. The fraction of sp³-hybridized carbons (Fsp3) is 0.375. The van der Waals surface area contributed by atoms with Crippen LogP contribution in [0.2, 0.25) is 0 Å². The molecule has 5 nitrogen and oxygen atoms in total. The first-order valence-corrected chi connectivity index (χ1v) is 8.20. The predicted octanol–water partition coefficient (Wildman–Crippen LogP) is 2.63. The topological polar surface area (TPSA) is 60.5 Å². The molecule has 1 aliphatic heterocycles. The van der Waals surface area contributed by atoms with E-state index in [9.17, 15) is 4.79 Å². The summed E-state index contributed by atoms with van der Waals surface area (Å²) in [6.45, 7) is 1.86. The van der Waals surface area contributed by atoms with Crippen molar-refractivity contribution in [2.24, 2.45) is 0 Å². The maximum atomic E-state index is 12.0. The summed E-state index contributed by atoms with van der Waals surface area (Å²) in [5.41, 5.74) is 0.529. The van der Waals surface area contributed by atoms with E-state index < -0.39 is 0 Å². The van der Waals surface area contributed by atoms with Crippen molar-refractivity contribution in [3.05, 3.63) is 46.3 Å². The molecule has 0 unspecified atom stereocenters. The fourth-order valence-corrected chi connectivity index (χ4v) is 2.88. The van der Waals surface area contributed by atoms with Crippen LogP contribution in [-0.4, -0.2) is 30.2 Å². The van der Waals surface area contributed by atoms with Gasteiger partial charge in [0, 0.05) is 23.7 Å². The normalized spacial score (nSPS) is 17.4. The number of ether oxygens (including phenoxy) is 2. The summed E-state index contributed by atoms with van der Waals surface area (Å²) in [4.78, 5) is 17.3. The minimum atomic E-state index is -0.133. The molecule has 0 aliphatic carbocycles. The van der Waals surface area contributed by atoms with Crippen molar-refractivity contribution in [1.29, 1.82) is 0 Å². The SMILES string of the molecule is O=C(NCc1cccs1)c1ccc(OC[C@H]2CCCO2)nc1. The Balaban J connectivity index is 1.48. The molecular formula is C16H18N2O3S. The summed E-state index contributed by atoms with van der Waals surface area (Å²) in [5, 5.41) is 4.86. The lowest BCUT2D eigenvalue weighted by molar-refractivity contribution is 0.0663. The lowest BCUT2D eigenvalue weighted by Gasteiger charge is -2.10. The number of nitrogens with one attached hydrogen (secondary N) is 1. The summed E-state index contributed by atoms with van der Waals surface area (Å²) >= 11 is 1.62. The molecule has 6 heteroatoms. The number of pyridine rings is 1. The van der Waals surface area contributed by atoms with Crippen LogP contribution in [0.5, 0.6) is 5.88 Å². The smallest absolute Gasteiger partial charge is 0.253 e. The first-order valence-electron chi connectivity index (χ1n) is 7.32. The van der Waals surface area contributed by atoms with E-state index in [-0.39, 0.29) is 12.0 Å². The van der Waals surface area contributed by atoms with Crippen molar-refractivity contribution >= 4 is 17.2 Å². The van der Waals surface area contributed by atoms with Gasteiger partial charge in [-0.15, -0.1) is 11.3 Å². The zero-order valence-corrected chi connectivity index (χ0v) is 13.0. The lowest BCUT2D eigenvalue weighted by atomic mass is 10.2. The number of nitrogens with zero attached hydrogens (tertiary/aromatic N) is 1. The quantitative estimate of drug-likeness (QED) is 0.889. The van der Waals surface area contributed by atoms with Crippen LogP contribution in [0.15, 0.2) is 35.8 Å². The lowest BCUT2D eigenvalue weighted by Crippen LogP contribution is -2.22. The Hall–Kier alpha value is -1.92. The van der Waals surface area contributed by atoms with Crippen LogP contribution >= 0.6 is 11.3 Å². The van der Waals surface area contributed by atoms with E-state index in [1.807, 2.05) is 17.5 Å². The Morgan fingerprint density at radius 2 is 2.41 bits per heavy atom. The number of carbonyl (C=O) groups is 1. The van der Waals surface area contributed by atoms with Crippen molar-refractivity contribution in [3.63, 3.8) is 0 Å². The number of aromatic nitrogens is 1. The first kappa shape index (κ1) is 15.0. The molecule has 116 valence electrons. The molecule has 0 spiro atoms. The zero-order valence-electron chi connectivity index (χ0n) is 12.2. The molecule has 0 bridgehead atoms. The van der Waals surface area contributed by atoms with Gasteiger partial charge in [-0.1, -0.05) is 6.07 Å². The maximum absolute atomic E-state index is 12.0. The molecule has 1 aliphatic rings. The summed E-state index contributed by atoms with van der Waals surface area (Å²) in [5.74, 6) is 0.386. The number of thiophene rings is 1. The Bertz CT molecular complexity index is 592. The molecule has 1 N–H and O–H groups in total. The maximum Gasteiger partial charge on any atom is 0.253 e. The van der Waals surface area contributed by atoms with E-state index in [1.54, 1.807) is 23.5 Å². The summed E-state index contributed by atoms with van der Waals surface area (Å²) < 4.78 is 11.1. The minimum Gasteiger partial charge on any atom is -0.475 e. The van der Waals surface area contributed by atoms with Crippen molar-refractivity contribution < 1.29 is 14.3 Å². The standard InChI is InChI=1S/C16H18N2O3S/c19-16(18-10-14-4-2-8-22-14)12-5-6-15(17-9-12)21-11-13-3-1-7-20-13/h2,4-6,8-9,13H,1,3,7,10-11H2,(H,18,19)/t13-/m1/s1. The summed E-state index contributed by atoms with van der Waals surface area (Å²) in [6.07, 6.45) is 3.82. The van der Waals surface area contributed by atoms with Crippen molar-refractivity contribution in [2.45, 2.75) is 25.5 Å². The molecule has 0 saturated carbocycles. The number of carbonyl (C=O) groups excluding carboxylic acids is 1. The van der Waals surface area contributed by atoms with Crippen LogP contribution in [0.1, 0.15) is 28.1 Å². The van der Waals surface area contributed by atoms with Crippen molar-refractivity contribution in [3.8, 4) is 5.88 Å². The van der Waals surface area contributed by atoms with Gasteiger partial charge in [0.05, 0.1) is 18.2 Å². The van der Waals surface area contributed by atoms with Crippen LogP contribution in [0, 0.1) is 0 Å². The third kappa shape index (κ3) is 4.05. The third-order valence-corrected chi connectivity index (χ3v) is 4.32. The summed E-state index contributed by atoms with van der Waals surface area (Å²) in [6, 6.07) is 7.40. The van der Waals surface area contributed by atoms with Crippen LogP contribution in [-0.2, 0) is 11.3 Å². The molecule has 3 rings (SSSR count). The average Bonchev–Trinajstić information content (AvgIpc) is 3.24. The monoisotopic (exact) mass is 318 g/mol. The highest BCUT2D eigenvalue weighted by atomic mass is 32.1. The van der Waals surface area contributed by atoms with E-state index in [1.165, 1.54) is 6.20 Å². The van der Waals surface area contributed by atoms with E-state index >= 15 is 0 Å². The molecule has 1 amide bonds. The van der Waals surface area contributed by atoms with Gasteiger partial charge in [-0.2, -0.15) is 0 Å². The average molecular weight is 318 g/mol. The largest absolute Gasteiger partial charge is 0.475 e. The van der Waals surface area contributed by atoms with E-state index in [0.29, 0.717) is 24.6 Å². The van der Waals surface area contributed by atoms with Gasteiger partial charge in [-0.25, -0.2) is 4.98 Å². The second-order valence-corrected chi connectivity index (χ2v) is 6.13. The van der Waals surface area contributed by atoms with E-state index in [4.69, 9.17) is 9.47 Å². The Labute approximate surface area is 133 Å².